The SMILES string of the molecule is CC(=O)Nc1ccc2c(c1)sc(=NC(=O)c1ccc(S(=O)(=O)N3CCCc4ccccc43)cc1)n2C. The van der Waals surface area contributed by atoms with Crippen molar-refractivity contribution >= 4 is 54.8 Å². The fourth-order valence-electron chi connectivity index (χ4n) is 4.32. The molecular formula is C26H24N4O4S2. The summed E-state index contributed by atoms with van der Waals surface area (Å²) in [6.07, 6.45) is 1.60. The maximum atomic E-state index is 13.4. The summed E-state index contributed by atoms with van der Waals surface area (Å²) in [6.45, 7) is 1.86. The molecule has 1 aliphatic heterocycles. The van der Waals surface area contributed by atoms with Gasteiger partial charge in [0.25, 0.3) is 15.9 Å². The molecule has 0 bridgehead atoms. The van der Waals surface area contributed by atoms with Crippen molar-refractivity contribution in [2.75, 3.05) is 16.2 Å². The Morgan fingerprint density at radius 1 is 1.03 bits per heavy atom. The van der Waals surface area contributed by atoms with Crippen LogP contribution in [0.2, 0.25) is 0 Å². The third-order valence-corrected chi connectivity index (χ3v) is 9.01. The average Bonchev–Trinajstić information content (AvgIpc) is 3.17. The van der Waals surface area contributed by atoms with Crippen LogP contribution in [0, 0.1) is 0 Å². The van der Waals surface area contributed by atoms with Gasteiger partial charge in [0, 0.05) is 31.8 Å². The van der Waals surface area contributed by atoms with Gasteiger partial charge in [-0.05, 0) is 66.9 Å². The van der Waals surface area contributed by atoms with Gasteiger partial charge in [0.1, 0.15) is 0 Å². The highest BCUT2D eigenvalue weighted by atomic mass is 32.2. The van der Waals surface area contributed by atoms with E-state index >= 15 is 0 Å². The number of hydrogen-bond acceptors (Lipinski definition) is 5. The highest BCUT2D eigenvalue weighted by Crippen LogP contribution is 2.31. The first-order valence-corrected chi connectivity index (χ1v) is 13.7. The Labute approximate surface area is 212 Å². The molecule has 0 fully saturated rings. The number of carbonyl (C=O) groups excluding carboxylic acids is 2. The molecule has 0 saturated heterocycles. The number of nitrogens with zero attached hydrogens (tertiary/aromatic N) is 3. The van der Waals surface area contributed by atoms with Crippen molar-refractivity contribution < 1.29 is 18.0 Å². The van der Waals surface area contributed by atoms with Gasteiger partial charge in [0.05, 0.1) is 20.8 Å². The highest BCUT2D eigenvalue weighted by Gasteiger charge is 2.29. The summed E-state index contributed by atoms with van der Waals surface area (Å²) >= 11 is 1.33. The Morgan fingerprint density at radius 3 is 2.53 bits per heavy atom. The number of benzene rings is 3. The number of thiazole rings is 1. The molecule has 2 heterocycles. The molecule has 0 spiro atoms. The van der Waals surface area contributed by atoms with Crippen LogP contribution in [0.3, 0.4) is 0 Å². The second-order valence-corrected chi connectivity index (χ2v) is 11.4. The molecule has 1 aliphatic rings. The summed E-state index contributed by atoms with van der Waals surface area (Å²) in [5.74, 6) is -0.628. The van der Waals surface area contributed by atoms with E-state index in [4.69, 9.17) is 0 Å². The van der Waals surface area contributed by atoms with Gasteiger partial charge in [-0.25, -0.2) is 8.42 Å². The number of sulfonamides is 1. The molecule has 3 aromatic carbocycles. The van der Waals surface area contributed by atoms with Crippen molar-refractivity contribution in [3.63, 3.8) is 0 Å². The minimum absolute atomic E-state index is 0.133. The van der Waals surface area contributed by atoms with Gasteiger partial charge in [0.2, 0.25) is 5.91 Å². The van der Waals surface area contributed by atoms with E-state index in [1.165, 1.54) is 46.8 Å². The average molecular weight is 521 g/mol. The van der Waals surface area contributed by atoms with E-state index in [9.17, 15) is 18.0 Å². The van der Waals surface area contributed by atoms with E-state index in [1.54, 1.807) is 6.07 Å². The Hall–Kier alpha value is -3.76. The number of rotatable bonds is 4. The first kappa shape index (κ1) is 24.0. The van der Waals surface area contributed by atoms with Crippen LogP contribution in [0.5, 0.6) is 0 Å². The molecular weight excluding hydrogens is 496 g/mol. The van der Waals surface area contributed by atoms with E-state index in [2.05, 4.69) is 10.3 Å². The molecule has 0 radical (unpaired) electrons. The molecule has 2 amide bonds. The van der Waals surface area contributed by atoms with Gasteiger partial charge >= 0.3 is 0 Å². The lowest BCUT2D eigenvalue weighted by Crippen LogP contribution is -2.35. The number of para-hydroxylation sites is 1. The maximum absolute atomic E-state index is 13.4. The molecule has 10 heteroatoms. The quantitative estimate of drug-likeness (QED) is 0.438. The van der Waals surface area contributed by atoms with Crippen LogP contribution in [0.25, 0.3) is 10.2 Å². The summed E-state index contributed by atoms with van der Waals surface area (Å²) in [6, 6.07) is 18.9. The molecule has 5 rings (SSSR count). The predicted octanol–water partition coefficient (Wildman–Crippen LogP) is 4.08. The van der Waals surface area contributed by atoms with Crippen molar-refractivity contribution in [3.8, 4) is 0 Å². The molecule has 8 nitrogen and oxygen atoms in total. The Kier molecular flexibility index (Phi) is 6.23. The van der Waals surface area contributed by atoms with Crippen molar-refractivity contribution in [1.29, 1.82) is 0 Å². The smallest absolute Gasteiger partial charge is 0.279 e. The zero-order valence-electron chi connectivity index (χ0n) is 19.8. The minimum atomic E-state index is -3.75. The van der Waals surface area contributed by atoms with Crippen molar-refractivity contribution in [2.24, 2.45) is 12.0 Å². The molecule has 0 unspecified atom stereocenters. The van der Waals surface area contributed by atoms with Gasteiger partial charge in [-0.1, -0.05) is 29.5 Å². The number of carbonyl (C=O) groups is 2. The standard InChI is InChI=1S/C26H24N4O4S2/c1-17(31)27-20-11-14-23-24(16-20)35-26(29(23)2)28-25(32)19-9-12-21(13-10-19)36(33,34)30-15-5-7-18-6-3-4-8-22(18)30/h3-4,6,8-14,16H,5,7,15H2,1-2H3,(H,27,31). The van der Waals surface area contributed by atoms with Crippen molar-refractivity contribution in [3.05, 3.63) is 82.7 Å². The monoisotopic (exact) mass is 520 g/mol. The van der Waals surface area contributed by atoms with Gasteiger partial charge in [0.15, 0.2) is 4.80 Å². The number of anilines is 2. The number of aromatic nitrogens is 1. The molecule has 0 saturated carbocycles. The predicted molar refractivity (Wildman–Crippen MR) is 141 cm³/mol. The molecule has 4 aromatic rings. The lowest BCUT2D eigenvalue weighted by molar-refractivity contribution is -0.114. The molecule has 1 aromatic heterocycles. The molecule has 0 aliphatic carbocycles. The first-order chi connectivity index (χ1) is 17.2. The van der Waals surface area contributed by atoms with Gasteiger partial charge in [-0.15, -0.1) is 0 Å². The summed E-state index contributed by atoms with van der Waals surface area (Å²) in [5.41, 5.74) is 3.56. The zero-order chi connectivity index (χ0) is 25.4. The van der Waals surface area contributed by atoms with Gasteiger partial charge in [-0.2, -0.15) is 4.99 Å². The van der Waals surface area contributed by atoms with E-state index < -0.39 is 15.9 Å². The first-order valence-electron chi connectivity index (χ1n) is 11.4. The lowest BCUT2D eigenvalue weighted by Gasteiger charge is -2.30. The van der Waals surface area contributed by atoms with E-state index in [1.807, 2.05) is 48.0 Å². The van der Waals surface area contributed by atoms with E-state index in [0.717, 1.165) is 28.6 Å². The lowest BCUT2D eigenvalue weighted by atomic mass is 10.0. The molecule has 0 atom stereocenters. The number of fused-ring (bicyclic) bond motifs is 2. The Morgan fingerprint density at radius 2 is 1.78 bits per heavy atom. The van der Waals surface area contributed by atoms with Gasteiger partial charge in [-0.3, -0.25) is 13.9 Å². The summed E-state index contributed by atoms with van der Waals surface area (Å²) < 4.78 is 30.8. The van der Waals surface area contributed by atoms with Crippen LogP contribution in [-0.4, -0.2) is 31.3 Å². The molecule has 184 valence electrons. The molecule has 1 N–H and O–H groups in total. The topological polar surface area (TPSA) is 101 Å². The molecule has 36 heavy (non-hydrogen) atoms. The highest BCUT2D eigenvalue weighted by molar-refractivity contribution is 7.92. The number of amides is 2. The second kappa shape index (κ2) is 9.36. The van der Waals surface area contributed by atoms with Crippen molar-refractivity contribution in [1.82, 2.24) is 4.57 Å². The fourth-order valence-corrected chi connectivity index (χ4v) is 6.92. The normalized spacial score (nSPS) is 14.1. The number of hydrogen-bond donors (Lipinski definition) is 1. The Bertz CT molecular complexity index is 1670. The van der Waals surface area contributed by atoms with Crippen LogP contribution in [0.1, 0.15) is 29.3 Å². The minimum Gasteiger partial charge on any atom is -0.326 e. The fraction of sp³-hybridized carbons (Fsp3) is 0.192. The van der Waals surface area contributed by atoms with Crippen LogP contribution < -0.4 is 14.4 Å². The largest absolute Gasteiger partial charge is 0.326 e. The van der Waals surface area contributed by atoms with E-state index in [-0.39, 0.29) is 10.8 Å². The summed E-state index contributed by atoms with van der Waals surface area (Å²) in [4.78, 5) is 29.1. The van der Waals surface area contributed by atoms with Crippen LogP contribution in [-0.2, 0) is 28.3 Å². The number of aryl methyl sites for hydroxylation is 2. The third-order valence-electron chi connectivity index (χ3n) is 6.08. The summed E-state index contributed by atoms with van der Waals surface area (Å²) in [5, 5.41) is 2.75. The Balaban J connectivity index is 1.42. The zero-order valence-corrected chi connectivity index (χ0v) is 21.4. The second-order valence-electron chi connectivity index (χ2n) is 8.56. The van der Waals surface area contributed by atoms with Crippen molar-refractivity contribution in [2.45, 2.75) is 24.7 Å². The third kappa shape index (κ3) is 4.45. The van der Waals surface area contributed by atoms with Crippen LogP contribution in [0.4, 0.5) is 11.4 Å². The maximum Gasteiger partial charge on any atom is 0.279 e. The van der Waals surface area contributed by atoms with Crippen LogP contribution in [0.15, 0.2) is 76.6 Å². The van der Waals surface area contributed by atoms with Gasteiger partial charge < -0.3 is 9.88 Å². The van der Waals surface area contributed by atoms with Crippen LogP contribution >= 0.6 is 11.3 Å². The van der Waals surface area contributed by atoms with E-state index in [0.29, 0.717) is 28.3 Å². The number of nitrogens with one attached hydrogen (secondary N) is 1. The summed E-state index contributed by atoms with van der Waals surface area (Å²) in [7, 11) is -1.94.